The topological polar surface area (TPSA) is 140 Å². The molecular formula is C28H26F4N8O3S. The van der Waals surface area contributed by atoms with Gasteiger partial charge in [-0.25, -0.2) is 14.9 Å². The summed E-state index contributed by atoms with van der Waals surface area (Å²) in [6, 6.07) is 6.60. The van der Waals surface area contributed by atoms with E-state index < -0.39 is 40.6 Å². The fraction of sp³-hybridized carbons (Fsp3) is 0.393. The fourth-order valence-electron chi connectivity index (χ4n) is 5.37. The van der Waals surface area contributed by atoms with Crippen LogP contribution in [0.15, 0.2) is 36.7 Å². The van der Waals surface area contributed by atoms with Crippen LogP contribution >= 0.6 is 12.2 Å². The molecule has 1 aliphatic heterocycles. The Hall–Kier alpha value is -4.49. The number of rotatable bonds is 10. The zero-order valence-electron chi connectivity index (χ0n) is 23.1. The maximum absolute atomic E-state index is 15.4. The van der Waals surface area contributed by atoms with Crippen molar-refractivity contribution < 1.29 is 32.4 Å². The molecule has 2 aromatic heterocycles. The number of hydrogen-bond acceptors (Lipinski definition) is 8. The molecule has 0 radical (unpaired) electrons. The van der Waals surface area contributed by atoms with Gasteiger partial charge in [-0.3, -0.25) is 24.4 Å². The third kappa shape index (κ3) is 5.84. The third-order valence-corrected chi connectivity index (χ3v) is 8.30. The lowest BCUT2D eigenvalue weighted by atomic mass is 9.75. The minimum absolute atomic E-state index is 0.0715. The predicted octanol–water partition coefficient (Wildman–Crippen LogP) is 4.49. The molecule has 230 valence electrons. The van der Waals surface area contributed by atoms with Crippen LogP contribution in [0, 0.1) is 17.1 Å². The minimum atomic E-state index is -4.87. The Kier molecular flexibility index (Phi) is 8.62. The van der Waals surface area contributed by atoms with Crippen LogP contribution in [0.5, 0.6) is 0 Å². The van der Waals surface area contributed by atoms with Gasteiger partial charge in [0, 0.05) is 30.6 Å². The average molecular weight is 631 g/mol. The summed E-state index contributed by atoms with van der Waals surface area (Å²) in [4.78, 5) is 30.8. The van der Waals surface area contributed by atoms with Gasteiger partial charge in [0.1, 0.15) is 23.1 Å². The second-order valence-corrected chi connectivity index (χ2v) is 11.0. The molecule has 3 aromatic rings. The number of amides is 2. The number of nitriles is 1. The van der Waals surface area contributed by atoms with Crippen molar-refractivity contribution in [1.82, 2.24) is 30.4 Å². The number of pyridine rings is 1. The van der Waals surface area contributed by atoms with Crippen molar-refractivity contribution in [3.05, 3.63) is 59.3 Å². The van der Waals surface area contributed by atoms with Crippen molar-refractivity contribution in [3.8, 4) is 17.3 Å². The number of hydroxylamine groups is 1. The van der Waals surface area contributed by atoms with Gasteiger partial charge in [0.25, 0.3) is 5.91 Å². The number of carbonyl (C=O) groups excluding carboxylic acids is 2. The monoisotopic (exact) mass is 630 g/mol. The summed E-state index contributed by atoms with van der Waals surface area (Å²) in [5.41, 5.74) is -0.693. The summed E-state index contributed by atoms with van der Waals surface area (Å²) in [6.45, 7) is 0.441. The van der Waals surface area contributed by atoms with Gasteiger partial charge in [0.15, 0.2) is 10.8 Å². The van der Waals surface area contributed by atoms with Gasteiger partial charge in [-0.2, -0.15) is 18.4 Å². The van der Waals surface area contributed by atoms with Crippen molar-refractivity contribution in [3.63, 3.8) is 0 Å². The number of anilines is 1. The van der Waals surface area contributed by atoms with E-state index in [-0.39, 0.29) is 29.3 Å². The number of thiocarbonyl (C=S) groups is 1. The Morgan fingerprint density at radius 2 is 1.98 bits per heavy atom. The van der Waals surface area contributed by atoms with Crippen molar-refractivity contribution in [2.24, 2.45) is 0 Å². The van der Waals surface area contributed by atoms with Gasteiger partial charge in [0.2, 0.25) is 5.91 Å². The Balaban J connectivity index is 1.31. The van der Waals surface area contributed by atoms with E-state index >= 15 is 4.39 Å². The van der Waals surface area contributed by atoms with Crippen LogP contribution in [-0.4, -0.2) is 52.6 Å². The van der Waals surface area contributed by atoms with Gasteiger partial charge in [-0.05, 0) is 56.5 Å². The maximum atomic E-state index is 15.4. The second-order valence-electron chi connectivity index (χ2n) is 10.6. The Morgan fingerprint density at radius 3 is 2.61 bits per heavy atom. The van der Waals surface area contributed by atoms with Gasteiger partial charge >= 0.3 is 6.18 Å². The third-order valence-electron chi connectivity index (χ3n) is 7.90. The summed E-state index contributed by atoms with van der Waals surface area (Å²) >= 11 is 5.57. The molecule has 2 N–H and O–H groups in total. The summed E-state index contributed by atoms with van der Waals surface area (Å²) in [5.74, 6) is -1.54. The largest absolute Gasteiger partial charge is 0.419 e. The molecule has 1 saturated heterocycles. The van der Waals surface area contributed by atoms with E-state index in [0.29, 0.717) is 49.6 Å². The zero-order valence-corrected chi connectivity index (χ0v) is 24.0. The first-order valence-corrected chi connectivity index (χ1v) is 14.1. The Morgan fingerprint density at radius 1 is 1.20 bits per heavy atom. The fourth-order valence-corrected chi connectivity index (χ4v) is 5.80. The molecule has 0 atom stereocenters. The first-order chi connectivity index (χ1) is 21.0. The Bertz CT molecular complexity index is 1650. The van der Waals surface area contributed by atoms with Crippen LogP contribution in [-0.2, 0) is 28.9 Å². The summed E-state index contributed by atoms with van der Waals surface area (Å²) in [6.07, 6.45) is 1.56. The molecule has 5 rings (SSSR count). The first-order valence-electron chi connectivity index (χ1n) is 13.7. The van der Waals surface area contributed by atoms with E-state index in [2.05, 4.69) is 15.3 Å². The molecule has 2 fully saturated rings. The average Bonchev–Trinajstić information content (AvgIpc) is 3.53. The number of carbonyl (C=O) groups is 2. The van der Waals surface area contributed by atoms with E-state index in [0.717, 1.165) is 23.9 Å². The molecule has 11 nitrogen and oxygen atoms in total. The minimum Gasteiger partial charge on any atom is -0.329 e. The van der Waals surface area contributed by atoms with Crippen molar-refractivity contribution in [1.29, 1.82) is 5.26 Å². The first kappa shape index (κ1) is 31.0. The van der Waals surface area contributed by atoms with E-state index in [4.69, 9.17) is 22.7 Å². The lowest BCUT2D eigenvalue weighted by molar-refractivity contribution is -0.138. The van der Waals surface area contributed by atoms with E-state index in [1.165, 1.54) is 12.1 Å². The number of unbranched alkanes of at least 4 members (excludes halogenated alkanes) is 2. The number of aromatic nitrogens is 4. The molecule has 1 saturated carbocycles. The number of halogens is 4. The predicted molar refractivity (Wildman–Crippen MR) is 150 cm³/mol. The number of benzene rings is 1. The van der Waals surface area contributed by atoms with E-state index in [9.17, 15) is 22.8 Å². The lowest BCUT2D eigenvalue weighted by Gasteiger charge is -2.43. The highest BCUT2D eigenvalue weighted by Crippen LogP contribution is 2.47. The molecular weight excluding hydrogens is 604 g/mol. The highest BCUT2D eigenvalue weighted by Gasteiger charge is 2.59. The maximum Gasteiger partial charge on any atom is 0.419 e. The SMILES string of the molecule is N#Cc1ncc(N2C(=O)C3(CCC3)N(Cc3ccc(-c4cn(CCCCCC(=O)NO)nn4)cc3F)C2=S)cc1C(F)(F)F. The van der Waals surface area contributed by atoms with Crippen molar-refractivity contribution in [2.45, 2.75) is 69.8 Å². The lowest BCUT2D eigenvalue weighted by Crippen LogP contribution is -2.54. The van der Waals surface area contributed by atoms with Crippen molar-refractivity contribution in [2.75, 3.05) is 4.90 Å². The normalized spacial score (nSPS) is 15.9. The van der Waals surface area contributed by atoms with Crippen LogP contribution in [0.25, 0.3) is 11.3 Å². The van der Waals surface area contributed by atoms with Crippen LogP contribution in [0.2, 0.25) is 0 Å². The number of nitrogens with zero attached hydrogens (tertiary/aromatic N) is 7. The second kappa shape index (κ2) is 12.2. The van der Waals surface area contributed by atoms with E-state index in [1.54, 1.807) is 33.4 Å². The molecule has 1 spiro atoms. The molecule has 3 heterocycles. The number of hydrogen-bond donors (Lipinski definition) is 2. The molecule has 0 unspecified atom stereocenters. The smallest absolute Gasteiger partial charge is 0.329 e. The highest BCUT2D eigenvalue weighted by molar-refractivity contribution is 7.80. The summed E-state index contributed by atoms with van der Waals surface area (Å²) in [5, 5.41) is 25.7. The number of alkyl halides is 3. The van der Waals surface area contributed by atoms with Gasteiger partial charge in [0.05, 0.1) is 23.6 Å². The molecule has 0 bridgehead atoms. The quantitative estimate of drug-likeness (QED) is 0.109. The van der Waals surface area contributed by atoms with Crippen LogP contribution in [0.1, 0.15) is 61.8 Å². The molecule has 16 heteroatoms. The standard InChI is InChI=1S/C28H26F4N8O3S/c29-21-11-17(23-16-38(37-35-23)10-3-1-2-5-24(41)36-43)6-7-18(21)15-39-26(44)40(25(42)27(39)8-4-9-27)19-12-20(28(30,31)32)22(13-33)34-14-19/h6-7,11-12,14,16,43H,1-5,8-10,15H2,(H,36,41). The summed E-state index contributed by atoms with van der Waals surface area (Å²) < 4.78 is 57.8. The molecule has 44 heavy (non-hydrogen) atoms. The summed E-state index contributed by atoms with van der Waals surface area (Å²) in [7, 11) is 0. The van der Waals surface area contributed by atoms with Crippen LogP contribution < -0.4 is 10.4 Å². The number of nitrogens with one attached hydrogen (secondary N) is 1. The molecule has 2 amide bonds. The van der Waals surface area contributed by atoms with Crippen LogP contribution in [0.4, 0.5) is 23.2 Å². The van der Waals surface area contributed by atoms with Crippen LogP contribution in [0.3, 0.4) is 0 Å². The zero-order chi connectivity index (χ0) is 31.6. The van der Waals surface area contributed by atoms with Gasteiger partial charge < -0.3 is 4.90 Å². The molecule has 1 aliphatic carbocycles. The van der Waals surface area contributed by atoms with Crippen molar-refractivity contribution >= 4 is 34.8 Å². The molecule has 1 aromatic carbocycles. The number of aryl methyl sites for hydroxylation is 1. The van der Waals surface area contributed by atoms with Gasteiger partial charge in [-0.15, -0.1) is 5.10 Å². The Labute approximate surface area is 254 Å². The van der Waals surface area contributed by atoms with Gasteiger partial charge in [-0.1, -0.05) is 23.8 Å². The highest BCUT2D eigenvalue weighted by atomic mass is 32.1. The molecule has 2 aliphatic rings. The van der Waals surface area contributed by atoms with E-state index in [1.807, 2.05) is 0 Å².